The summed E-state index contributed by atoms with van der Waals surface area (Å²) in [6.45, 7) is 4.13. The van der Waals surface area contributed by atoms with E-state index in [9.17, 15) is 8.42 Å². The molecule has 0 spiro atoms. The summed E-state index contributed by atoms with van der Waals surface area (Å²) in [5.41, 5.74) is 7.94. The summed E-state index contributed by atoms with van der Waals surface area (Å²) in [5, 5.41) is 0. The first-order chi connectivity index (χ1) is 8.88. The van der Waals surface area contributed by atoms with Crippen LogP contribution in [0.15, 0.2) is 17.0 Å². The Bertz CT molecular complexity index is 586. The lowest BCUT2D eigenvalue weighted by molar-refractivity contribution is 0.577. The fourth-order valence-electron chi connectivity index (χ4n) is 1.68. The second-order valence-electron chi connectivity index (χ2n) is 4.53. The van der Waals surface area contributed by atoms with E-state index in [0.29, 0.717) is 19.4 Å². The summed E-state index contributed by atoms with van der Waals surface area (Å²) in [5.74, 6) is 2.52. The number of hydrogen-bond donors (Lipinski definition) is 2. The summed E-state index contributed by atoms with van der Waals surface area (Å²) in [7, 11) is -3.54. The van der Waals surface area contributed by atoms with Crippen molar-refractivity contribution in [3.8, 4) is 12.3 Å². The van der Waals surface area contributed by atoms with Crippen LogP contribution in [0.3, 0.4) is 0 Å². The van der Waals surface area contributed by atoms with E-state index in [4.69, 9.17) is 12.2 Å². The number of aryl methyl sites for hydroxylation is 2. The number of rotatable bonds is 6. The molecular weight excluding hydrogens is 260 g/mol. The van der Waals surface area contributed by atoms with Crippen LogP contribution in [-0.2, 0) is 10.0 Å². The number of hydrogen-bond acceptors (Lipinski definition) is 3. The molecule has 0 saturated heterocycles. The standard InChI is InChI=1S/C14H20N2O2S/c1-4-5-6-7-8-16-19(17,18)14-10-12(3)11(2)9-13(14)15/h1,9-10,16H,5-8,15H2,2-3H3. The van der Waals surface area contributed by atoms with Gasteiger partial charge in [-0.1, -0.05) is 0 Å². The van der Waals surface area contributed by atoms with Crippen LogP contribution in [0.5, 0.6) is 0 Å². The number of nitrogen functional groups attached to an aromatic ring is 1. The van der Waals surface area contributed by atoms with Gasteiger partial charge in [-0.25, -0.2) is 13.1 Å². The minimum atomic E-state index is -3.54. The molecule has 0 saturated carbocycles. The van der Waals surface area contributed by atoms with E-state index in [1.54, 1.807) is 12.1 Å². The lowest BCUT2D eigenvalue weighted by atomic mass is 10.1. The van der Waals surface area contributed by atoms with E-state index in [-0.39, 0.29) is 10.6 Å². The fourth-order valence-corrected chi connectivity index (χ4v) is 2.95. The van der Waals surface area contributed by atoms with Gasteiger partial charge in [-0.2, -0.15) is 0 Å². The van der Waals surface area contributed by atoms with Crippen molar-refractivity contribution in [3.05, 3.63) is 23.3 Å². The predicted octanol–water partition coefficient (Wildman–Crippen LogP) is 1.97. The Labute approximate surface area is 115 Å². The van der Waals surface area contributed by atoms with Gasteiger partial charge >= 0.3 is 0 Å². The number of unbranched alkanes of at least 4 members (excludes halogenated alkanes) is 2. The highest BCUT2D eigenvalue weighted by molar-refractivity contribution is 7.89. The summed E-state index contributed by atoms with van der Waals surface area (Å²) < 4.78 is 26.8. The second-order valence-corrected chi connectivity index (χ2v) is 6.27. The van der Waals surface area contributed by atoms with Gasteiger partial charge in [-0.15, -0.1) is 12.3 Å². The van der Waals surface area contributed by atoms with Crippen LogP contribution in [0, 0.1) is 26.2 Å². The first kappa shape index (κ1) is 15.5. The molecule has 4 nitrogen and oxygen atoms in total. The Morgan fingerprint density at radius 3 is 2.53 bits per heavy atom. The van der Waals surface area contributed by atoms with Gasteiger partial charge in [0, 0.05) is 13.0 Å². The first-order valence-electron chi connectivity index (χ1n) is 6.18. The molecule has 0 radical (unpaired) electrons. The van der Waals surface area contributed by atoms with Gasteiger partial charge in [0.05, 0.1) is 5.69 Å². The van der Waals surface area contributed by atoms with Crippen molar-refractivity contribution in [1.82, 2.24) is 4.72 Å². The Morgan fingerprint density at radius 1 is 1.26 bits per heavy atom. The highest BCUT2D eigenvalue weighted by atomic mass is 32.2. The van der Waals surface area contributed by atoms with Crippen LogP contribution >= 0.6 is 0 Å². The zero-order valence-corrected chi connectivity index (χ0v) is 12.2. The normalized spacial score (nSPS) is 11.2. The lowest BCUT2D eigenvalue weighted by Crippen LogP contribution is -2.25. The van der Waals surface area contributed by atoms with Crippen molar-refractivity contribution in [2.45, 2.75) is 38.0 Å². The molecule has 0 unspecified atom stereocenters. The maximum absolute atomic E-state index is 12.1. The summed E-state index contributed by atoms with van der Waals surface area (Å²) >= 11 is 0. The molecule has 0 aliphatic heterocycles. The summed E-state index contributed by atoms with van der Waals surface area (Å²) in [4.78, 5) is 0.146. The molecule has 3 N–H and O–H groups in total. The monoisotopic (exact) mass is 280 g/mol. The van der Waals surface area contributed by atoms with E-state index in [1.807, 2.05) is 13.8 Å². The molecular formula is C14H20N2O2S. The van der Waals surface area contributed by atoms with Crippen molar-refractivity contribution in [2.24, 2.45) is 0 Å². The number of nitrogens with one attached hydrogen (secondary N) is 1. The Kier molecular flexibility index (Phi) is 5.40. The average molecular weight is 280 g/mol. The minimum absolute atomic E-state index is 0.146. The summed E-state index contributed by atoms with van der Waals surface area (Å²) in [6.07, 6.45) is 7.32. The predicted molar refractivity (Wildman–Crippen MR) is 78.2 cm³/mol. The third kappa shape index (κ3) is 4.27. The highest BCUT2D eigenvalue weighted by Gasteiger charge is 2.17. The van der Waals surface area contributed by atoms with Crippen LogP contribution in [-0.4, -0.2) is 15.0 Å². The average Bonchev–Trinajstić information content (AvgIpc) is 2.33. The molecule has 0 fully saturated rings. The SMILES string of the molecule is C#CCCCCNS(=O)(=O)c1cc(C)c(C)cc1N. The lowest BCUT2D eigenvalue weighted by Gasteiger charge is -2.11. The number of anilines is 1. The molecule has 1 aromatic rings. The van der Waals surface area contributed by atoms with Crippen molar-refractivity contribution in [1.29, 1.82) is 0 Å². The molecule has 19 heavy (non-hydrogen) atoms. The minimum Gasteiger partial charge on any atom is -0.398 e. The first-order valence-corrected chi connectivity index (χ1v) is 7.66. The molecule has 0 amide bonds. The largest absolute Gasteiger partial charge is 0.398 e. The zero-order valence-electron chi connectivity index (χ0n) is 11.4. The second kappa shape index (κ2) is 6.60. The Morgan fingerprint density at radius 2 is 1.89 bits per heavy atom. The number of benzene rings is 1. The molecule has 0 atom stereocenters. The van der Waals surface area contributed by atoms with Gasteiger partial charge in [0.2, 0.25) is 10.0 Å². The molecule has 104 valence electrons. The maximum atomic E-state index is 12.1. The number of terminal acetylenes is 1. The highest BCUT2D eigenvalue weighted by Crippen LogP contribution is 2.22. The molecule has 1 aromatic carbocycles. The van der Waals surface area contributed by atoms with E-state index in [0.717, 1.165) is 17.5 Å². The molecule has 0 aliphatic carbocycles. The van der Waals surface area contributed by atoms with Crippen molar-refractivity contribution >= 4 is 15.7 Å². The third-order valence-electron chi connectivity index (χ3n) is 2.96. The number of nitrogens with two attached hydrogens (primary N) is 1. The molecule has 0 bridgehead atoms. The van der Waals surface area contributed by atoms with Gasteiger partial charge in [0.25, 0.3) is 0 Å². The zero-order chi connectivity index (χ0) is 14.5. The summed E-state index contributed by atoms with van der Waals surface area (Å²) in [6, 6.07) is 3.29. The molecule has 5 heteroatoms. The van der Waals surface area contributed by atoms with Gasteiger partial charge in [-0.3, -0.25) is 0 Å². The molecule has 0 heterocycles. The fraction of sp³-hybridized carbons (Fsp3) is 0.429. The molecule has 0 aliphatic rings. The van der Waals surface area contributed by atoms with Crippen LogP contribution in [0.1, 0.15) is 30.4 Å². The smallest absolute Gasteiger partial charge is 0.242 e. The van der Waals surface area contributed by atoms with Crippen molar-refractivity contribution in [3.63, 3.8) is 0 Å². The Balaban J connectivity index is 2.78. The van der Waals surface area contributed by atoms with Crippen molar-refractivity contribution in [2.75, 3.05) is 12.3 Å². The topological polar surface area (TPSA) is 72.2 Å². The maximum Gasteiger partial charge on any atom is 0.242 e. The Hall–Kier alpha value is -1.51. The van der Waals surface area contributed by atoms with Gasteiger partial charge < -0.3 is 5.73 Å². The van der Waals surface area contributed by atoms with Crippen molar-refractivity contribution < 1.29 is 8.42 Å². The van der Waals surface area contributed by atoms with Crippen LogP contribution < -0.4 is 10.5 Å². The van der Waals surface area contributed by atoms with E-state index < -0.39 is 10.0 Å². The third-order valence-corrected chi connectivity index (χ3v) is 4.47. The molecule has 1 rings (SSSR count). The quantitative estimate of drug-likeness (QED) is 0.475. The van der Waals surface area contributed by atoms with Gasteiger partial charge in [0.1, 0.15) is 4.90 Å². The molecule has 0 aromatic heterocycles. The van der Waals surface area contributed by atoms with E-state index in [2.05, 4.69) is 10.6 Å². The van der Waals surface area contributed by atoms with Gasteiger partial charge in [0.15, 0.2) is 0 Å². The van der Waals surface area contributed by atoms with Gasteiger partial charge in [-0.05, 0) is 49.9 Å². The van der Waals surface area contributed by atoms with Crippen LogP contribution in [0.2, 0.25) is 0 Å². The van der Waals surface area contributed by atoms with E-state index >= 15 is 0 Å². The number of sulfonamides is 1. The van der Waals surface area contributed by atoms with E-state index in [1.165, 1.54) is 0 Å². The van der Waals surface area contributed by atoms with Crippen LogP contribution in [0.25, 0.3) is 0 Å². The van der Waals surface area contributed by atoms with Crippen LogP contribution in [0.4, 0.5) is 5.69 Å².